The molecule has 1 aliphatic heterocycles. The van der Waals surface area contributed by atoms with E-state index >= 15 is 0 Å². The van der Waals surface area contributed by atoms with Gasteiger partial charge in [-0.15, -0.1) is 0 Å². The maximum absolute atomic E-state index is 5.03. The molecular formula is C7H11NS. The van der Waals surface area contributed by atoms with E-state index in [0.717, 1.165) is 11.3 Å². The fraction of sp³-hybridized carbons (Fsp3) is 0.571. The van der Waals surface area contributed by atoms with Gasteiger partial charge < -0.3 is 5.32 Å². The summed E-state index contributed by atoms with van der Waals surface area (Å²) in [5, 5.41) is 3.22. The van der Waals surface area contributed by atoms with Crippen LogP contribution in [0.1, 0.15) is 20.3 Å². The Morgan fingerprint density at radius 2 is 2.33 bits per heavy atom. The Kier molecular flexibility index (Phi) is 1.58. The second kappa shape index (κ2) is 2.10. The third-order valence-electron chi connectivity index (χ3n) is 1.36. The highest BCUT2D eigenvalue weighted by atomic mass is 32.1. The molecular weight excluding hydrogens is 130 g/mol. The van der Waals surface area contributed by atoms with Gasteiger partial charge in [-0.1, -0.05) is 12.2 Å². The Morgan fingerprint density at radius 3 is 2.67 bits per heavy atom. The third kappa shape index (κ3) is 1.79. The van der Waals surface area contributed by atoms with Crippen molar-refractivity contribution in [1.82, 2.24) is 5.32 Å². The van der Waals surface area contributed by atoms with Gasteiger partial charge in [-0.3, -0.25) is 0 Å². The SMILES string of the molecule is CC1(C)CC(=S)C=CN1. The normalized spacial score (nSPS) is 23.6. The lowest BCUT2D eigenvalue weighted by Crippen LogP contribution is -2.39. The minimum absolute atomic E-state index is 0.172. The first kappa shape index (κ1) is 6.75. The first-order valence-corrected chi connectivity index (χ1v) is 3.48. The molecule has 0 aromatic heterocycles. The van der Waals surface area contributed by atoms with Crippen molar-refractivity contribution in [3.05, 3.63) is 12.3 Å². The van der Waals surface area contributed by atoms with Crippen molar-refractivity contribution in [3.8, 4) is 0 Å². The molecule has 0 aromatic carbocycles. The summed E-state index contributed by atoms with van der Waals surface area (Å²) in [7, 11) is 0. The molecule has 0 spiro atoms. The van der Waals surface area contributed by atoms with Crippen LogP contribution in [-0.2, 0) is 0 Å². The molecule has 9 heavy (non-hydrogen) atoms. The van der Waals surface area contributed by atoms with E-state index in [0.29, 0.717) is 0 Å². The van der Waals surface area contributed by atoms with Crippen LogP contribution in [0.3, 0.4) is 0 Å². The number of nitrogens with one attached hydrogen (secondary N) is 1. The molecule has 0 atom stereocenters. The van der Waals surface area contributed by atoms with Gasteiger partial charge in [0.25, 0.3) is 0 Å². The molecule has 50 valence electrons. The Labute approximate surface area is 61.1 Å². The maximum atomic E-state index is 5.03. The van der Waals surface area contributed by atoms with Crippen LogP contribution in [0.25, 0.3) is 0 Å². The molecule has 1 nitrogen and oxygen atoms in total. The Bertz CT molecular complexity index is 158. The van der Waals surface area contributed by atoms with Crippen molar-refractivity contribution in [2.24, 2.45) is 0 Å². The largest absolute Gasteiger partial charge is 0.386 e. The predicted molar refractivity (Wildman–Crippen MR) is 43.6 cm³/mol. The van der Waals surface area contributed by atoms with Gasteiger partial charge in [-0.2, -0.15) is 0 Å². The van der Waals surface area contributed by atoms with Crippen LogP contribution >= 0.6 is 12.2 Å². The number of hydrogen-bond donors (Lipinski definition) is 1. The van der Waals surface area contributed by atoms with Crippen molar-refractivity contribution in [1.29, 1.82) is 0 Å². The van der Waals surface area contributed by atoms with Crippen molar-refractivity contribution < 1.29 is 0 Å². The standard InChI is InChI=1S/C7H11NS/c1-7(2)5-6(9)3-4-8-7/h3-4,8H,5H2,1-2H3. The Hall–Kier alpha value is -0.370. The van der Waals surface area contributed by atoms with E-state index in [4.69, 9.17) is 12.2 Å². The van der Waals surface area contributed by atoms with Crippen LogP contribution < -0.4 is 5.32 Å². The molecule has 0 amide bonds. The van der Waals surface area contributed by atoms with Crippen molar-refractivity contribution in [2.75, 3.05) is 0 Å². The molecule has 1 N–H and O–H groups in total. The average molecular weight is 141 g/mol. The van der Waals surface area contributed by atoms with Crippen LogP contribution in [0.15, 0.2) is 12.3 Å². The lowest BCUT2D eigenvalue weighted by molar-refractivity contribution is 0.457. The van der Waals surface area contributed by atoms with Crippen LogP contribution in [0.2, 0.25) is 0 Å². The highest BCUT2D eigenvalue weighted by Gasteiger charge is 2.19. The van der Waals surface area contributed by atoms with E-state index in [9.17, 15) is 0 Å². The lowest BCUT2D eigenvalue weighted by atomic mass is 9.96. The summed E-state index contributed by atoms with van der Waals surface area (Å²) >= 11 is 5.03. The Balaban J connectivity index is 2.68. The monoisotopic (exact) mass is 141 g/mol. The summed E-state index contributed by atoms with van der Waals surface area (Å²) in [5.74, 6) is 0. The van der Waals surface area contributed by atoms with Gasteiger partial charge >= 0.3 is 0 Å². The van der Waals surface area contributed by atoms with Crippen LogP contribution in [0, 0.1) is 0 Å². The summed E-state index contributed by atoms with van der Waals surface area (Å²) in [5.41, 5.74) is 0.172. The zero-order valence-corrected chi connectivity index (χ0v) is 6.59. The van der Waals surface area contributed by atoms with E-state index in [-0.39, 0.29) is 5.54 Å². The lowest BCUT2D eigenvalue weighted by Gasteiger charge is -2.28. The summed E-state index contributed by atoms with van der Waals surface area (Å²) in [4.78, 5) is 1.04. The van der Waals surface area contributed by atoms with Gasteiger partial charge in [-0.05, 0) is 26.1 Å². The molecule has 0 unspecified atom stereocenters. The summed E-state index contributed by atoms with van der Waals surface area (Å²) < 4.78 is 0. The summed E-state index contributed by atoms with van der Waals surface area (Å²) in [6.07, 6.45) is 4.84. The summed E-state index contributed by atoms with van der Waals surface area (Å²) in [6, 6.07) is 0. The van der Waals surface area contributed by atoms with E-state index < -0.39 is 0 Å². The molecule has 0 radical (unpaired) electrons. The van der Waals surface area contributed by atoms with Crippen LogP contribution in [-0.4, -0.2) is 10.4 Å². The number of thiocarbonyl (C=S) groups is 1. The molecule has 0 bridgehead atoms. The first-order chi connectivity index (χ1) is 4.10. The van der Waals surface area contributed by atoms with Crippen molar-refractivity contribution in [2.45, 2.75) is 25.8 Å². The van der Waals surface area contributed by atoms with Gasteiger partial charge in [0.2, 0.25) is 0 Å². The van der Waals surface area contributed by atoms with Crippen LogP contribution in [0.5, 0.6) is 0 Å². The molecule has 0 aliphatic carbocycles. The second-order valence-corrected chi connectivity index (χ2v) is 3.53. The topological polar surface area (TPSA) is 12.0 Å². The van der Waals surface area contributed by atoms with Gasteiger partial charge in [0.1, 0.15) is 0 Å². The average Bonchev–Trinajstić information content (AvgIpc) is 1.60. The van der Waals surface area contributed by atoms with Crippen molar-refractivity contribution in [3.63, 3.8) is 0 Å². The highest BCUT2D eigenvalue weighted by molar-refractivity contribution is 7.80. The van der Waals surface area contributed by atoms with Gasteiger partial charge in [0.05, 0.1) is 0 Å². The highest BCUT2D eigenvalue weighted by Crippen LogP contribution is 2.13. The van der Waals surface area contributed by atoms with E-state index in [2.05, 4.69) is 19.2 Å². The van der Waals surface area contributed by atoms with Gasteiger partial charge in [0.15, 0.2) is 0 Å². The maximum Gasteiger partial charge on any atom is 0.0360 e. The van der Waals surface area contributed by atoms with E-state index in [1.54, 1.807) is 0 Å². The minimum atomic E-state index is 0.172. The number of allylic oxidation sites excluding steroid dienone is 1. The fourth-order valence-electron chi connectivity index (χ4n) is 0.906. The van der Waals surface area contributed by atoms with E-state index in [1.165, 1.54) is 0 Å². The molecule has 0 fully saturated rings. The molecule has 0 aromatic rings. The smallest absolute Gasteiger partial charge is 0.0360 e. The van der Waals surface area contributed by atoms with Gasteiger partial charge in [0, 0.05) is 16.8 Å². The third-order valence-corrected chi connectivity index (χ3v) is 1.64. The molecule has 2 heteroatoms. The van der Waals surface area contributed by atoms with Gasteiger partial charge in [-0.25, -0.2) is 0 Å². The zero-order valence-electron chi connectivity index (χ0n) is 5.77. The minimum Gasteiger partial charge on any atom is -0.386 e. The predicted octanol–water partition coefficient (Wildman–Crippen LogP) is 1.64. The quantitative estimate of drug-likeness (QED) is 0.515. The molecule has 1 aliphatic rings. The fourth-order valence-corrected chi connectivity index (χ4v) is 1.33. The number of rotatable bonds is 0. The molecule has 0 saturated carbocycles. The molecule has 0 saturated heterocycles. The molecule has 1 rings (SSSR count). The van der Waals surface area contributed by atoms with Crippen molar-refractivity contribution >= 4 is 17.1 Å². The van der Waals surface area contributed by atoms with Crippen LogP contribution in [0.4, 0.5) is 0 Å². The molecule has 1 heterocycles. The Morgan fingerprint density at radius 1 is 1.67 bits per heavy atom. The zero-order chi connectivity index (χ0) is 6.91. The second-order valence-electron chi connectivity index (χ2n) is 3.00. The first-order valence-electron chi connectivity index (χ1n) is 3.07. The van der Waals surface area contributed by atoms with E-state index in [1.807, 2.05) is 12.3 Å². The number of hydrogen-bond acceptors (Lipinski definition) is 2. The summed E-state index contributed by atoms with van der Waals surface area (Å²) in [6.45, 7) is 4.28.